The molecule has 1 N–H and O–H groups in total. The molecule has 0 spiro atoms. The van der Waals surface area contributed by atoms with E-state index in [1.165, 1.54) is 0 Å². The number of benzene rings is 1. The van der Waals surface area contributed by atoms with E-state index in [-0.39, 0.29) is 17.7 Å². The van der Waals surface area contributed by atoms with Gasteiger partial charge in [-0.05, 0) is 24.6 Å². The molecule has 0 radical (unpaired) electrons. The van der Waals surface area contributed by atoms with Gasteiger partial charge in [-0.25, -0.2) is 13.2 Å². The molecule has 0 aliphatic heterocycles. The second-order valence-corrected chi connectivity index (χ2v) is 6.85. The molecule has 0 aromatic heterocycles. The fourth-order valence-corrected chi connectivity index (χ4v) is 3.37. The number of rotatable bonds is 6. The number of nitrogens with one attached hydrogen (secondary N) is 1. The van der Waals surface area contributed by atoms with Gasteiger partial charge in [0.1, 0.15) is 0 Å². The summed E-state index contributed by atoms with van der Waals surface area (Å²) in [7, 11) is -2.89. The first kappa shape index (κ1) is 18.8. The van der Waals surface area contributed by atoms with Gasteiger partial charge in [0.15, 0.2) is 0 Å². The van der Waals surface area contributed by atoms with Gasteiger partial charge in [-0.2, -0.15) is 13.2 Å². The summed E-state index contributed by atoms with van der Waals surface area (Å²) in [6.07, 6.45) is -4.53. The third-order valence-electron chi connectivity index (χ3n) is 2.56. The minimum Gasteiger partial charge on any atom is -0.465 e. The molecule has 0 aliphatic carbocycles. The van der Waals surface area contributed by atoms with Crippen molar-refractivity contribution in [1.82, 2.24) is 0 Å². The van der Waals surface area contributed by atoms with Crippen molar-refractivity contribution in [3.05, 3.63) is 29.3 Å². The van der Waals surface area contributed by atoms with E-state index in [9.17, 15) is 26.4 Å². The molecule has 1 aromatic carbocycles. The monoisotopic (exact) mass is 403 g/mol. The highest BCUT2D eigenvalue weighted by molar-refractivity contribution is 9.09. The van der Waals surface area contributed by atoms with Crippen LogP contribution in [-0.4, -0.2) is 32.6 Å². The molecule has 1 rings (SSSR count). The Bertz CT molecular complexity index is 646. The van der Waals surface area contributed by atoms with E-state index in [2.05, 4.69) is 20.7 Å². The molecule has 0 unspecified atom stereocenters. The maximum Gasteiger partial charge on any atom is 0.418 e. The third kappa shape index (κ3) is 5.16. The highest BCUT2D eigenvalue weighted by Crippen LogP contribution is 2.36. The molecule has 1 aromatic rings. The third-order valence-corrected chi connectivity index (χ3v) is 4.48. The molecule has 22 heavy (non-hydrogen) atoms. The second kappa shape index (κ2) is 7.32. The first-order valence-electron chi connectivity index (χ1n) is 5.96. The molecule has 10 heteroatoms. The van der Waals surface area contributed by atoms with Crippen molar-refractivity contribution >= 4 is 37.6 Å². The van der Waals surface area contributed by atoms with Crippen molar-refractivity contribution in [2.75, 3.05) is 22.9 Å². The maximum absolute atomic E-state index is 12.9. The van der Waals surface area contributed by atoms with Crippen molar-refractivity contribution < 1.29 is 31.1 Å². The van der Waals surface area contributed by atoms with E-state index >= 15 is 0 Å². The van der Waals surface area contributed by atoms with Gasteiger partial charge in [0, 0.05) is 5.33 Å². The number of hydrogen-bond acceptors (Lipinski definition) is 4. The molecule has 0 atom stereocenters. The lowest BCUT2D eigenvalue weighted by Gasteiger charge is -2.15. The summed E-state index contributed by atoms with van der Waals surface area (Å²) in [5.41, 5.74) is -2.07. The highest BCUT2D eigenvalue weighted by atomic mass is 79.9. The summed E-state index contributed by atoms with van der Waals surface area (Å²) in [6, 6.07) is 2.36. The van der Waals surface area contributed by atoms with Crippen molar-refractivity contribution in [1.29, 1.82) is 0 Å². The molecule has 0 saturated carbocycles. The number of alkyl halides is 4. The normalized spacial score (nSPS) is 12.0. The summed E-state index contributed by atoms with van der Waals surface area (Å²) in [6.45, 7) is 0. The smallest absolute Gasteiger partial charge is 0.418 e. The average molecular weight is 404 g/mol. The second-order valence-electron chi connectivity index (χ2n) is 4.21. The number of hydrogen-bond donors (Lipinski definition) is 1. The summed E-state index contributed by atoms with van der Waals surface area (Å²) < 4.78 is 68.6. The van der Waals surface area contributed by atoms with E-state index in [1.54, 1.807) is 0 Å². The van der Waals surface area contributed by atoms with Crippen molar-refractivity contribution in [2.45, 2.75) is 12.6 Å². The van der Waals surface area contributed by atoms with Crippen LogP contribution < -0.4 is 4.72 Å². The van der Waals surface area contributed by atoms with Gasteiger partial charge < -0.3 is 4.74 Å². The summed E-state index contributed by atoms with van der Waals surface area (Å²) in [5, 5.41) is 0.391. The fourth-order valence-electron chi connectivity index (χ4n) is 1.58. The Morgan fingerprint density at radius 3 is 2.50 bits per heavy atom. The predicted molar refractivity (Wildman–Crippen MR) is 78.6 cm³/mol. The van der Waals surface area contributed by atoms with Gasteiger partial charge in [-0.15, -0.1) is 0 Å². The van der Waals surface area contributed by atoms with Gasteiger partial charge in [-0.3, -0.25) is 4.72 Å². The Labute approximate surface area is 134 Å². The van der Waals surface area contributed by atoms with Gasteiger partial charge in [0.2, 0.25) is 10.0 Å². The van der Waals surface area contributed by atoms with Crippen molar-refractivity contribution in [3.63, 3.8) is 0 Å². The van der Waals surface area contributed by atoms with Crippen LogP contribution in [0.4, 0.5) is 18.9 Å². The van der Waals surface area contributed by atoms with Gasteiger partial charge in [0.05, 0.1) is 29.7 Å². The van der Waals surface area contributed by atoms with Crippen LogP contribution in [0.3, 0.4) is 0 Å². The zero-order valence-electron chi connectivity index (χ0n) is 11.4. The lowest BCUT2D eigenvalue weighted by Crippen LogP contribution is -2.20. The van der Waals surface area contributed by atoms with Gasteiger partial charge in [0.25, 0.3) is 0 Å². The first-order valence-corrected chi connectivity index (χ1v) is 8.74. The standard InChI is InChI=1S/C12H13BrF3NO4S/c1-21-11(18)8-3-4-9(12(14,15)16)10(7-8)17-22(19,20)6-2-5-13/h3-4,7,17H,2,5-6H2,1H3. The summed E-state index contributed by atoms with van der Waals surface area (Å²) in [5.74, 6) is -1.22. The predicted octanol–water partition coefficient (Wildman–Crippen LogP) is 3.02. The number of ether oxygens (including phenoxy) is 1. The first-order chi connectivity index (χ1) is 10.1. The number of esters is 1. The minimum atomic E-state index is -4.76. The topological polar surface area (TPSA) is 72.5 Å². The lowest BCUT2D eigenvalue weighted by atomic mass is 10.1. The molecular weight excluding hydrogens is 391 g/mol. The van der Waals surface area contributed by atoms with E-state index in [1.807, 2.05) is 4.72 Å². The van der Waals surface area contributed by atoms with E-state index < -0.39 is 33.4 Å². The van der Waals surface area contributed by atoms with Crippen LogP contribution in [0.5, 0.6) is 0 Å². The van der Waals surface area contributed by atoms with E-state index in [4.69, 9.17) is 0 Å². The largest absolute Gasteiger partial charge is 0.465 e. The molecule has 5 nitrogen and oxygen atoms in total. The molecule has 0 bridgehead atoms. The lowest BCUT2D eigenvalue weighted by molar-refractivity contribution is -0.136. The highest BCUT2D eigenvalue weighted by Gasteiger charge is 2.35. The van der Waals surface area contributed by atoms with Crippen LogP contribution in [0.25, 0.3) is 0 Å². The Morgan fingerprint density at radius 2 is 2.00 bits per heavy atom. The number of carbonyl (C=O) groups is 1. The number of sulfonamides is 1. The van der Waals surface area contributed by atoms with Gasteiger partial charge in [-0.1, -0.05) is 15.9 Å². The van der Waals surface area contributed by atoms with Crippen LogP contribution in [0, 0.1) is 0 Å². The van der Waals surface area contributed by atoms with Crippen LogP contribution in [0.2, 0.25) is 0 Å². The Kier molecular flexibility index (Phi) is 6.24. The Hall–Kier alpha value is -1.29. The zero-order valence-corrected chi connectivity index (χ0v) is 13.8. The molecule has 0 amide bonds. The number of halogens is 4. The minimum absolute atomic E-state index is 0.186. The molecule has 124 valence electrons. The number of methoxy groups -OCH3 is 1. The molecule has 0 heterocycles. The van der Waals surface area contributed by atoms with Crippen LogP contribution >= 0.6 is 15.9 Å². The zero-order chi connectivity index (χ0) is 17.0. The van der Waals surface area contributed by atoms with E-state index in [0.29, 0.717) is 11.4 Å². The van der Waals surface area contributed by atoms with Crippen molar-refractivity contribution in [2.24, 2.45) is 0 Å². The fraction of sp³-hybridized carbons (Fsp3) is 0.417. The molecule has 0 fully saturated rings. The average Bonchev–Trinajstić information content (AvgIpc) is 2.42. The molecule has 0 saturated heterocycles. The summed E-state index contributed by atoms with van der Waals surface area (Å²) >= 11 is 3.04. The maximum atomic E-state index is 12.9. The molecule has 0 aliphatic rings. The SMILES string of the molecule is COC(=O)c1ccc(C(F)(F)F)c(NS(=O)(=O)CCCBr)c1. The number of anilines is 1. The van der Waals surface area contributed by atoms with Crippen LogP contribution in [0.15, 0.2) is 18.2 Å². The Morgan fingerprint density at radius 1 is 1.36 bits per heavy atom. The van der Waals surface area contributed by atoms with Crippen LogP contribution in [0.1, 0.15) is 22.3 Å². The van der Waals surface area contributed by atoms with Crippen molar-refractivity contribution in [3.8, 4) is 0 Å². The molecular formula is C12H13BrF3NO4S. The quantitative estimate of drug-likeness (QED) is 0.585. The Balaban J connectivity index is 3.26. The van der Waals surface area contributed by atoms with Gasteiger partial charge >= 0.3 is 12.1 Å². The van der Waals surface area contributed by atoms with E-state index in [0.717, 1.165) is 19.2 Å². The number of carbonyl (C=O) groups excluding carboxylic acids is 1. The van der Waals surface area contributed by atoms with Crippen LogP contribution in [-0.2, 0) is 20.9 Å². The summed E-state index contributed by atoms with van der Waals surface area (Å²) in [4.78, 5) is 11.4.